The maximum Gasteiger partial charge on any atom is 0.133 e. The summed E-state index contributed by atoms with van der Waals surface area (Å²) < 4.78 is 0. The van der Waals surface area contributed by atoms with Crippen molar-refractivity contribution in [2.45, 2.75) is 79.1 Å². The highest BCUT2D eigenvalue weighted by Crippen LogP contribution is 2.39. The van der Waals surface area contributed by atoms with Gasteiger partial charge in [0.25, 0.3) is 0 Å². The Hall–Kier alpha value is -0.330. The summed E-state index contributed by atoms with van der Waals surface area (Å²) in [6.45, 7) is 9.47. The number of ketones is 1. The van der Waals surface area contributed by atoms with Crippen molar-refractivity contribution in [1.82, 2.24) is 0 Å². The summed E-state index contributed by atoms with van der Waals surface area (Å²) in [5, 5.41) is 0. The second-order valence-electron chi connectivity index (χ2n) is 8.00. The lowest BCUT2D eigenvalue weighted by Crippen LogP contribution is -2.29. The van der Waals surface area contributed by atoms with E-state index in [0.717, 1.165) is 36.5 Å². The zero-order valence-electron chi connectivity index (χ0n) is 14.0. The molecule has 0 saturated heterocycles. The van der Waals surface area contributed by atoms with Gasteiger partial charge in [0, 0.05) is 12.8 Å². The lowest BCUT2D eigenvalue weighted by Gasteiger charge is -2.36. The maximum absolute atomic E-state index is 12.5. The molecular weight excluding hydrogens is 244 g/mol. The summed E-state index contributed by atoms with van der Waals surface area (Å²) in [5.41, 5.74) is 0. The molecule has 1 nitrogen and oxygen atoms in total. The molecule has 0 spiro atoms. The summed E-state index contributed by atoms with van der Waals surface area (Å²) in [6.07, 6.45) is 9.70. The fraction of sp³-hybridized carbons (Fsp3) is 0.947. The molecule has 6 unspecified atom stereocenters. The number of carbonyl (C=O) groups is 1. The van der Waals surface area contributed by atoms with Crippen LogP contribution in [0.2, 0.25) is 0 Å². The second kappa shape index (κ2) is 7.09. The van der Waals surface area contributed by atoms with E-state index in [9.17, 15) is 4.79 Å². The van der Waals surface area contributed by atoms with Crippen molar-refractivity contribution >= 4 is 5.78 Å². The number of carbonyl (C=O) groups excluding carboxylic acids is 1. The van der Waals surface area contributed by atoms with Gasteiger partial charge in [-0.2, -0.15) is 0 Å². The van der Waals surface area contributed by atoms with E-state index < -0.39 is 0 Å². The van der Waals surface area contributed by atoms with E-state index in [1.165, 1.54) is 38.5 Å². The third-order valence-corrected chi connectivity index (χ3v) is 6.73. The highest BCUT2D eigenvalue weighted by Gasteiger charge is 2.32. The Bertz CT molecular complexity index is 292. The molecule has 2 aliphatic carbocycles. The van der Waals surface area contributed by atoms with Crippen molar-refractivity contribution in [3.8, 4) is 0 Å². The molecule has 2 aliphatic rings. The first-order valence-electron chi connectivity index (χ1n) is 9.00. The summed E-state index contributed by atoms with van der Waals surface area (Å²) in [7, 11) is 0. The van der Waals surface area contributed by atoms with Gasteiger partial charge >= 0.3 is 0 Å². The van der Waals surface area contributed by atoms with Crippen molar-refractivity contribution in [2.75, 3.05) is 0 Å². The van der Waals surface area contributed by atoms with Crippen LogP contribution in [0.5, 0.6) is 0 Å². The quantitative estimate of drug-likeness (QED) is 0.665. The molecule has 1 heteroatoms. The smallest absolute Gasteiger partial charge is 0.133 e. The van der Waals surface area contributed by atoms with Gasteiger partial charge in [0.15, 0.2) is 0 Å². The average molecular weight is 278 g/mol. The molecule has 0 aromatic heterocycles. The maximum atomic E-state index is 12.5. The van der Waals surface area contributed by atoms with Gasteiger partial charge in [-0.3, -0.25) is 4.79 Å². The monoisotopic (exact) mass is 278 g/mol. The molecular formula is C19H34O. The van der Waals surface area contributed by atoms with Crippen LogP contribution in [0.3, 0.4) is 0 Å². The van der Waals surface area contributed by atoms with Crippen LogP contribution in [0.25, 0.3) is 0 Å². The lowest BCUT2D eigenvalue weighted by molar-refractivity contribution is -0.122. The first-order valence-corrected chi connectivity index (χ1v) is 9.00. The summed E-state index contributed by atoms with van der Waals surface area (Å²) >= 11 is 0. The summed E-state index contributed by atoms with van der Waals surface area (Å²) in [6, 6.07) is 0. The van der Waals surface area contributed by atoms with Gasteiger partial charge in [-0.05, 0) is 48.3 Å². The first-order chi connectivity index (χ1) is 9.49. The molecule has 0 N–H and O–H groups in total. The van der Waals surface area contributed by atoms with Crippen LogP contribution < -0.4 is 0 Å². The Kier molecular flexibility index (Phi) is 5.69. The largest absolute Gasteiger partial charge is 0.300 e. The molecule has 0 radical (unpaired) electrons. The molecule has 6 atom stereocenters. The molecule has 0 heterocycles. The number of hydrogen-bond acceptors (Lipinski definition) is 1. The Balaban J connectivity index is 1.82. The fourth-order valence-electron chi connectivity index (χ4n) is 4.63. The molecule has 2 rings (SSSR count). The van der Waals surface area contributed by atoms with Crippen LogP contribution in [-0.2, 0) is 4.79 Å². The van der Waals surface area contributed by atoms with Gasteiger partial charge in [0.05, 0.1) is 0 Å². The van der Waals surface area contributed by atoms with Crippen LogP contribution in [-0.4, -0.2) is 5.78 Å². The predicted molar refractivity (Wildman–Crippen MR) is 85.6 cm³/mol. The van der Waals surface area contributed by atoms with E-state index in [0.29, 0.717) is 17.6 Å². The first kappa shape index (κ1) is 16.0. The van der Waals surface area contributed by atoms with E-state index in [2.05, 4.69) is 27.7 Å². The van der Waals surface area contributed by atoms with Gasteiger partial charge in [0.1, 0.15) is 5.78 Å². The standard InChI is InChI=1S/C19H34O/c1-13-7-5-9-17(15(13)3)11-19(20)12-18-10-6-8-14(2)16(18)4/h13-18H,5-12H2,1-4H3. The minimum absolute atomic E-state index is 0.557. The molecule has 0 amide bonds. The Morgan fingerprint density at radius 2 is 1.15 bits per heavy atom. The normalized spacial score (nSPS) is 42.4. The highest BCUT2D eigenvalue weighted by atomic mass is 16.1. The van der Waals surface area contributed by atoms with Crippen molar-refractivity contribution in [2.24, 2.45) is 35.5 Å². The summed E-state index contributed by atoms with van der Waals surface area (Å²) in [5.74, 6) is 5.02. The summed E-state index contributed by atoms with van der Waals surface area (Å²) in [4.78, 5) is 12.5. The van der Waals surface area contributed by atoms with Crippen molar-refractivity contribution in [3.05, 3.63) is 0 Å². The minimum atomic E-state index is 0.557. The van der Waals surface area contributed by atoms with Gasteiger partial charge < -0.3 is 0 Å². The fourth-order valence-corrected chi connectivity index (χ4v) is 4.63. The van der Waals surface area contributed by atoms with E-state index in [-0.39, 0.29) is 0 Å². The molecule has 0 aromatic rings. The molecule has 2 fully saturated rings. The molecule has 2 saturated carbocycles. The van der Waals surface area contributed by atoms with Crippen LogP contribution >= 0.6 is 0 Å². The predicted octanol–water partition coefficient (Wildman–Crippen LogP) is 5.48. The molecule has 0 aliphatic heterocycles. The number of Topliss-reactive ketones (excluding diaryl/α,β-unsaturated/α-hetero) is 1. The van der Waals surface area contributed by atoms with Gasteiger partial charge in [-0.1, -0.05) is 53.4 Å². The van der Waals surface area contributed by atoms with Crippen molar-refractivity contribution in [3.63, 3.8) is 0 Å². The van der Waals surface area contributed by atoms with Crippen LogP contribution in [0.4, 0.5) is 0 Å². The third-order valence-electron chi connectivity index (χ3n) is 6.73. The number of hydrogen-bond donors (Lipinski definition) is 0. The van der Waals surface area contributed by atoms with Crippen LogP contribution in [0, 0.1) is 35.5 Å². The molecule has 116 valence electrons. The molecule has 20 heavy (non-hydrogen) atoms. The van der Waals surface area contributed by atoms with E-state index in [4.69, 9.17) is 0 Å². The van der Waals surface area contributed by atoms with Gasteiger partial charge in [0.2, 0.25) is 0 Å². The SMILES string of the molecule is CC1CCCC(CC(=O)CC2CCCC(C)C2C)C1C. The average Bonchev–Trinajstić information content (AvgIpc) is 2.40. The zero-order valence-corrected chi connectivity index (χ0v) is 14.0. The van der Waals surface area contributed by atoms with E-state index in [1.54, 1.807) is 0 Å². The number of rotatable bonds is 4. The van der Waals surface area contributed by atoms with E-state index >= 15 is 0 Å². The van der Waals surface area contributed by atoms with Crippen LogP contribution in [0.1, 0.15) is 79.1 Å². The van der Waals surface area contributed by atoms with Crippen molar-refractivity contribution < 1.29 is 4.79 Å². The molecule has 0 bridgehead atoms. The van der Waals surface area contributed by atoms with Gasteiger partial charge in [-0.15, -0.1) is 0 Å². The Morgan fingerprint density at radius 1 is 0.750 bits per heavy atom. The topological polar surface area (TPSA) is 17.1 Å². The van der Waals surface area contributed by atoms with Crippen LogP contribution in [0.15, 0.2) is 0 Å². The second-order valence-corrected chi connectivity index (χ2v) is 8.00. The van der Waals surface area contributed by atoms with E-state index in [1.807, 2.05) is 0 Å². The third kappa shape index (κ3) is 3.86. The Morgan fingerprint density at radius 3 is 1.55 bits per heavy atom. The van der Waals surface area contributed by atoms with Crippen molar-refractivity contribution in [1.29, 1.82) is 0 Å². The minimum Gasteiger partial charge on any atom is -0.300 e. The zero-order chi connectivity index (χ0) is 14.7. The highest BCUT2D eigenvalue weighted by molar-refractivity contribution is 5.79. The van der Waals surface area contributed by atoms with Gasteiger partial charge in [-0.25, -0.2) is 0 Å². The molecule has 0 aromatic carbocycles. The lowest BCUT2D eigenvalue weighted by atomic mass is 9.69. The Labute approximate surface area is 125 Å².